The van der Waals surface area contributed by atoms with Crippen LogP contribution in [0.25, 0.3) is 0 Å². The second-order valence-electron chi connectivity index (χ2n) is 6.54. The maximum absolute atomic E-state index is 6.27. The normalized spacial score (nSPS) is 19.0. The van der Waals surface area contributed by atoms with Gasteiger partial charge in [0.15, 0.2) is 0 Å². The molecule has 0 N–H and O–H groups in total. The van der Waals surface area contributed by atoms with Gasteiger partial charge in [0.25, 0.3) is 0 Å². The summed E-state index contributed by atoms with van der Waals surface area (Å²) in [5.74, 6) is 1.59. The van der Waals surface area contributed by atoms with Crippen LogP contribution in [0.2, 0.25) is 5.02 Å². The first-order valence-corrected chi connectivity index (χ1v) is 9.65. The first-order chi connectivity index (χ1) is 9.89. The lowest BCUT2D eigenvalue weighted by molar-refractivity contribution is 0.227. The van der Waals surface area contributed by atoms with Gasteiger partial charge in [-0.25, -0.2) is 0 Å². The Morgan fingerprint density at radius 2 is 1.90 bits per heavy atom. The van der Waals surface area contributed by atoms with Crippen LogP contribution in [0.4, 0.5) is 0 Å². The molecule has 1 aliphatic carbocycles. The van der Waals surface area contributed by atoms with Crippen LogP contribution in [0.15, 0.2) is 16.6 Å². The highest BCUT2D eigenvalue weighted by atomic mass is 79.9. The molecule has 1 nitrogen and oxygen atoms in total. The largest absolute Gasteiger partial charge is 0.495 e. The molecule has 118 valence electrons. The number of hydrogen-bond donors (Lipinski definition) is 0. The molecule has 0 aliphatic heterocycles. The van der Waals surface area contributed by atoms with Gasteiger partial charge in [-0.3, -0.25) is 0 Å². The van der Waals surface area contributed by atoms with Gasteiger partial charge in [0.05, 0.1) is 11.6 Å². The van der Waals surface area contributed by atoms with Gasteiger partial charge >= 0.3 is 0 Å². The molecule has 0 radical (unpaired) electrons. The smallest absolute Gasteiger partial charge is 0.137 e. The summed E-state index contributed by atoms with van der Waals surface area (Å²) in [6.45, 7) is 4.62. The molecule has 2 rings (SSSR count). The number of benzene rings is 1. The molecule has 0 spiro atoms. The third-order valence-corrected chi connectivity index (χ3v) is 6.74. The molecule has 0 bridgehead atoms. The Morgan fingerprint density at radius 3 is 2.43 bits per heavy atom. The molecule has 1 aliphatic rings. The van der Waals surface area contributed by atoms with E-state index in [0.717, 1.165) is 15.2 Å². The van der Waals surface area contributed by atoms with E-state index in [9.17, 15) is 0 Å². The minimum Gasteiger partial charge on any atom is -0.495 e. The summed E-state index contributed by atoms with van der Waals surface area (Å²) < 4.78 is 6.55. The fraction of sp³-hybridized carbons (Fsp3) is 0.647. The van der Waals surface area contributed by atoms with Crippen LogP contribution in [0.3, 0.4) is 0 Å². The van der Waals surface area contributed by atoms with E-state index in [1.54, 1.807) is 7.11 Å². The van der Waals surface area contributed by atoms with Gasteiger partial charge in [0, 0.05) is 15.4 Å². The molecule has 0 saturated heterocycles. The predicted octanol–water partition coefficient (Wildman–Crippen LogP) is 7.15. The van der Waals surface area contributed by atoms with Crippen LogP contribution in [0.1, 0.15) is 56.3 Å². The first-order valence-electron chi connectivity index (χ1n) is 7.56. The van der Waals surface area contributed by atoms with Crippen LogP contribution in [-0.2, 0) is 0 Å². The maximum Gasteiger partial charge on any atom is 0.137 e. The Labute approximate surface area is 150 Å². The van der Waals surface area contributed by atoms with Crippen LogP contribution < -0.4 is 4.74 Å². The van der Waals surface area contributed by atoms with Gasteiger partial charge < -0.3 is 4.74 Å². The van der Waals surface area contributed by atoms with Crippen LogP contribution in [-0.4, -0.2) is 7.11 Å². The Bertz CT molecular complexity index is 496. The monoisotopic (exact) mass is 436 g/mol. The van der Waals surface area contributed by atoms with E-state index in [2.05, 4.69) is 45.7 Å². The molecule has 21 heavy (non-hydrogen) atoms. The SMILES string of the molecule is COc1c(Br)cc(Cl)cc1C(Br)C1(CC(C)C)CCCC1. The molecular formula is C17H23Br2ClO. The fourth-order valence-corrected chi connectivity index (χ4v) is 5.75. The van der Waals surface area contributed by atoms with Crippen molar-refractivity contribution in [1.29, 1.82) is 0 Å². The second kappa shape index (κ2) is 7.23. The highest BCUT2D eigenvalue weighted by molar-refractivity contribution is 9.10. The molecule has 1 saturated carbocycles. The number of ether oxygens (including phenoxy) is 1. The molecule has 1 aromatic carbocycles. The average molecular weight is 439 g/mol. The summed E-state index contributed by atoms with van der Waals surface area (Å²) in [6, 6.07) is 3.94. The van der Waals surface area contributed by atoms with E-state index in [1.807, 2.05) is 12.1 Å². The molecule has 0 aromatic heterocycles. The van der Waals surface area contributed by atoms with Crippen molar-refractivity contribution in [2.45, 2.75) is 50.8 Å². The topological polar surface area (TPSA) is 9.23 Å². The number of halogens is 3. The van der Waals surface area contributed by atoms with Crippen LogP contribution >= 0.6 is 43.5 Å². The van der Waals surface area contributed by atoms with E-state index >= 15 is 0 Å². The first kappa shape index (κ1) is 17.6. The summed E-state index contributed by atoms with van der Waals surface area (Å²) in [6.07, 6.45) is 6.41. The summed E-state index contributed by atoms with van der Waals surface area (Å²) >= 11 is 13.8. The van der Waals surface area contributed by atoms with Crippen LogP contribution in [0.5, 0.6) is 5.75 Å². The lowest BCUT2D eigenvalue weighted by Gasteiger charge is -2.37. The molecule has 0 amide bonds. The number of hydrogen-bond acceptors (Lipinski definition) is 1. The fourth-order valence-electron chi connectivity index (χ4n) is 3.77. The van der Waals surface area contributed by atoms with Crippen molar-refractivity contribution in [3.8, 4) is 5.75 Å². The predicted molar refractivity (Wildman–Crippen MR) is 97.7 cm³/mol. The lowest BCUT2D eigenvalue weighted by atomic mass is 9.74. The Morgan fingerprint density at radius 1 is 1.29 bits per heavy atom. The summed E-state index contributed by atoms with van der Waals surface area (Å²) in [5, 5.41) is 0.750. The molecule has 1 atom stereocenters. The van der Waals surface area contributed by atoms with E-state index in [0.29, 0.717) is 11.3 Å². The zero-order chi connectivity index (χ0) is 15.6. The second-order valence-corrected chi connectivity index (χ2v) is 8.75. The number of alkyl halides is 1. The molecule has 4 heteroatoms. The minimum atomic E-state index is 0.278. The van der Waals surface area contributed by atoms with Gasteiger partial charge in [-0.2, -0.15) is 0 Å². The van der Waals surface area contributed by atoms with Gasteiger partial charge in [-0.1, -0.05) is 54.2 Å². The average Bonchev–Trinajstić information content (AvgIpc) is 2.85. The lowest BCUT2D eigenvalue weighted by Crippen LogP contribution is -2.25. The summed E-state index contributed by atoms with van der Waals surface area (Å²) in [5.41, 5.74) is 1.48. The summed E-state index contributed by atoms with van der Waals surface area (Å²) in [4.78, 5) is 0.278. The van der Waals surface area contributed by atoms with E-state index < -0.39 is 0 Å². The highest BCUT2D eigenvalue weighted by Crippen LogP contribution is 2.57. The van der Waals surface area contributed by atoms with Crippen molar-refractivity contribution >= 4 is 43.5 Å². The molecule has 1 aromatic rings. The quantitative estimate of drug-likeness (QED) is 0.443. The van der Waals surface area contributed by atoms with Gasteiger partial charge in [-0.15, -0.1) is 0 Å². The van der Waals surface area contributed by atoms with E-state index in [4.69, 9.17) is 16.3 Å². The molecule has 1 fully saturated rings. The standard InChI is InChI=1S/C17H23Br2ClO/c1-11(2)10-17(6-4-5-7-17)16(19)13-8-12(20)9-14(18)15(13)21-3/h8-9,11,16H,4-7,10H2,1-3H3. The van der Waals surface area contributed by atoms with E-state index in [-0.39, 0.29) is 4.83 Å². The number of rotatable bonds is 5. The van der Waals surface area contributed by atoms with Crippen molar-refractivity contribution in [2.24, 2.45) is 11.3 Å². The van der Waals surface area contributed by atoms with Crippen molar-refractivity contribution in [3.63, 3.8) is 0 Å². The summed E-state index contributed by atoms with van der Waals surface area (Å²) in [7, 11) is 1.72. The van der Waals surface area contributed by atoms with Crippen molar-refractivity contribution in [1.82, 2.24) is 0 Å². The third-order valence-electron chi connectivity index (χ3n) is 4.47. The van der Waals surface area contributed by atoms with Gasteiger partial charge in [0.2, 0.25) is 0 Å². The van der Waals surface area contributed by atoms with Crippen molar-refractivity contribution < 1.29 is 4.74 Å². The highest BCUT2D eigenvalue weighted by Gasteiger charge is 2.42. The molecule has 0 heterocycles. The zero-order valence-electron chi connectivity index (χ0n) is 12.9. The maximum atomic E-state index is 6.27. The molecular weight excluding hydrogens is 415 g/mol. The Hall–Kier alpha value is 0.270. The third kappa shape index (κ3) is 3.79. The molecule has 1 unspecified atom stereocenters. The van der Waals surface area contributed by atoms with E-state index in [1.165, 1.54) is 37.7 Å². The Balaban J connectivity index is 2.44. The van der Waals surface area contributed by atoms with Gasteiger partial charge in [0.1, 0.15) is 5.75 Å². The Kier molecular flexibility index (Phi) is 6.07. The van der Waals surface area contributed by atoms with Crippen molar-refractivity contribution in [2.75, 3.05) is 7.11 Å². The zero-order valence-corrected chi connectivity index (χ0v) is 16.8. The van der Waals surface area contributed by atoms with Crippen molar-refractivity contribution in [3.05, 3.63) is 27.2 Å². The van der Waals surface area contributed by atoms with Gasteiger partial charge in [-0.05, 0) is 58.7 Å². The van der Waals surface area contributed by atoms with Crippen LogP contribution in [0, 0.1) is 11.3 Å². The number of methoxy groups -OCH3 is 1. The minimum absolute atomic E-state index is 0.278.